The molecule has 2 aliphatic heterocycles. The maximum absolute atomic E-state index is 6.30. The molecule has 26 heavy (non-hydrogen) atoms. The average Bonchev–Trinajstić information content (AvgIpc) is 2.98. The minimum atomic E-state index is -0.390. The van der Waals surface area contributed by atoms with E-state index in [1.165, 1.54) is 5.56 Å². The van der Waals surface area contributed by atoms with E-state index >= 15 is 0 Å². The maximum atomic E-state index is 6.30. The first-order valence-corrected chi connectivity index (χ1v) is 9.72. The predicted octanol–water partition coefficient (Wildman–Crippen LogP) is 3.44. The Morgan fingerprint density at radius 2 is 1.77 bits per heavy atom. The van der Waals surface area contributed by atoms with Crippen molar-refractivity contribution in [3.8, 4) is 0 Å². The first kappa shape index (κ1) is 17.9. The van der Waals surface area contributed by atoms with Gasteiger partial charge in [0.25, 0.3) is 0 Å². The molecule has 1 N–H and O–H groups in total. The summed E-state index contributed by atoms with van der Waals surface area (Å²) in [6.45, 7) is 17.2. The van der Waals surface area contributed by atoms with Gasteiger partial charge in [-0.2, -0.15) is 0 Å². The van der Waals surface area contributed by atoms with E-state index in [2.05, 4.69) is 70.5 Å². The standard InChI is InChI=1S/C20H30BN3O2/c1-12(2)16-17-14(8-9-15(23-17)24-10-13(3)11-24)22-18(16)21-25-19(4,5)20(6,7)26-21/h8-9,12-13,22H,10-11H2,1-7H3. The number of aromatic amines is 1. The van der Waals surface area contributed by atoms with Gasteiger partial charge in [0.2, 0.25) is 0 Å². The lowest BCUT2D eigenvalue weighted by Gasteiger charge is -2.38. The average molecular weight is 355 g/mol. The molecule has 0 saturated carbocycles. The van der Waals surface area contributed by atoms with Crippen molar-refractivity contribution in [1.82, 2.24) is 9.97 Å². The third-order valence-corrected chi connectivity index (χ3v) is 6.15. The summed E-state index contributed by atoms with van der Waals surface area (Å²) < 4.78 is 12.6. The third-order valence-electron chi connectivity index (χ3n) is 6.15. The zero-order valence-electron chi connectivity index (χ0n) is 17.0. The highest BCUT2D eigenvalue weighted by Crippen LogP contribution is 2.38. The van der Waals surface area contributed by atoms with Gasteiger partial charge in [-0.05, 0) is 57.2 Å². The number of hydrogen-bond acceptors (Lipinski definition) is 4. The van der Waals surface area contributed by atoms with Crippen LogP contribution in [0.3, 0.4) is 0 Å². The molecule has 0 amide bonds. The fourth-order valence-electron chi connectivity index (χ4n) is 3.89. The minimum Gasteiger partial charge on any atom is -0.398 e. The van der Waals surface area contributed by atoms with Crippen LogP contribution in [0.25, 0.3) is 11.0 Å². The number of aromatic nitrogens is 2. The van der Waals surface area contributed by atoms with Gasteiger partial charge in [0.05, 0.1) is 27.8 Å². The first-order valence-electron chi connectivity index (χ1n) is 9.72. The highest BCUT2D eigenvalue weighted by atomic mass is 16.7. The van der Waals surface area contributed by atoms with E-state index in [0.717, 1.165) is 41.5 Å². The van der Waals surface area contributed by atoms with Gasteiger partial charge in [-0.15, -0.1) is 0 Å². The Bertz CT molecular complexity index is 821. The van der Waals surface area contributed by atoms with Gasteiger partial charge in [-0.1, -0.05) is 20.8 Å². The van der Waals surface area contributed by atoms with E-state index in [0.29, 0.717) is 5.92 Å². The number of nitrogens with one attached hydrogen (secondary N) is 1. The van der Waals surface area contributed by atoms with Crippen LogP contribution in [0, 0.1) is 5.92 Å². The zero-order chi connectivity index (χ0) is 18.9. The van der Waals surface area contributed by atoms with Crippen LogP contribution in [-0.2, 0) is 9.31 Å². The van der Waals surface area contributed by atoms with Gasteiger partial charge in [0, 0.05) is 13.1 Å². The smallest absolute Gasteiger partial charge is 0.398 e. The molecule has 2 fully saturated rings. The number of rotatable bonds is 3. The van der Waals surface area contributed by atoms with E-state index in [1.807, 2.05) is 0 Å². The number of nitrogens with zero attached hydrogens (tertiary/aromatic N) is 2. The normalized spacial score (nSPS) is 22.5. The lowest BCUT2D eigenvalue weighted by atomic mass is 9.79. The summed E-state index contributed by atoms with van der Waals surface area (Å²) in [5, 5.41) is 0. The fourth-order valence-corrected chi connectivity index (χ4v) is 3.89. The summed E-state index contributed by atoms with van der Waals surface area (Å²) in [6, 6.07) is 4.25. The van der Waals surface area contributed by atoms with E-state index in [9.17, 15) is 0 Å². The minimum absolute atomic E-state index is 0.329. The molecular weight excluding hydrogens is 325 g/mol. The van der Waals surface area contributed by atoms with E-state index in [1.54, 1.807) is 0 Å². The molecule has 0 radical (unpaired) electrons. The monoisotopic (exact) mass is 355 g/mol. The molecule has 0 atom stereocenters. The number of anilines is 1. The van der Waals surface area contributed by atoms with Crippen LogP contribution in [-0.4, -0.2) is 41.4 Å². The van der Waals surface area contributed by atoms with Crippen molar-refractivity contribution in [2.24, 2.45) is 5.92 Å². The molecule has 6 heteroatoms. The Balaban J connectivity index is 1.77. The molecule has 0 bridgehead atoms. The molecule has 2 aromatic rings. The quantitative estimate of drug-likeness (QED) is 0.857. The summed E-state index contributed by atoms with van der Waals surface area (Å²) in [7, 11) is -0.390. The van der Waals surface area contributed by atoms with Crippen LogP contribution in [0.5, 0.6) is 0 Å². The molecule has 0 aromatic carbocycles. The van der Waals surface area contributed by atoms with Crippen LogP contribution in [0.4, 0.5) is 5.82 Å². The predicted molar refractivity (Wildman–Crippen MR) is 107 cm³/mol. The van der Waals surface area contributed by atoms with E-state index in [-0.39, 0.29) is 18.3 Å². The summed E-state index contributed by atoms with van der Waals surface area (Å²) in [4.78, 5) is 10.9. The van der Waals surface area contributed by atoms with Gasteiger partial charge < -0.3 is 19.2 Å². The van der Waals surface area contributed by atoms with Crippen molar-refractivity contribution in [1.29, 1.82) is 0 Å². The molecule has 2 aromatic heterocycles. The van der Waals surface area contributed by atoms with Gasteiger partial charge >= 0.3 is 7.12 Å². The summed E-state index contributed by atoms with van der Waals surface area (Å²) >= 11 is 0. The second kappa shape index (κ2) is 5.73. The molecule has 4 rings (SSSR count). The Kier molecular flexibility index (Phi) is 3.94. The summed E-state index contributed by atoms with van der Waals surface area (Å²) in [5.41, 5.74) is 3.60. The van der Waals surface area contributed by atoms with E-state index < -0.39 is 0 Å². The zero-order valence-corrected chi connectivity index (χ0v) is 17.0. The molecule has 2 aliphatic rings. The van der Waals surface area contributed by atoms with Crippen molar-refractivity contribution in [2.45, 2.75) is 65.6 Å². The second-order valence-corrected chi connectivity index (χ2v) is 9.27. The van der Waals surface area contributed by atoms with Crippen LogP contribution >= 0.6 is 0 Å². The fraction of sp³-hybridized carbons (Fsp3) is 0.650. The first-order chi connectivity index (χ1) is 12.1. The molecule has 0 spiro atoms. The Labute approximate surface area is 156 Å². The van der Waals surface area contributed by atoms with Gasteiger partial charge in [-0.3, -0.25) is 0 Å². The van der Waals surface area contributed by atoms with Gasteiger partial charge in [0.15, 0.2) is 0 Å². The maximum Gasteiger partial charge on any atom is 0.512 e. The third kappa shape index (κ3) is 2.66. The molecule has 140 valence electrons. The topological polar surface area (TPSA) is 50.4 Å². The van der Waals surface area contributed by atoms with Crippen molar-refractivity contribution < 1.29 is 9.31 Å². The van der Waals surface area contributed by atoms with E-state index in [4.69, 9.17) is 14.3 Å². The Hall–Kier alpha value is -1.53. The van der Waals surface area contributed by atoms with Crippen molar-refractivity contribution in [3.05, 3.63) is 17.7 Å². The lowest BCUT2D eigenvalue weighted by Crippen LogP contribution is -2.45. The van der Waals surface area contributed by atoms with Gasteiger partial charge in [0.1, 0.15) is 5.82 Å². The molecule has 5 nitrogen and oxygen atoms in total. The molecule has 0 aliphatic carbocycles. The van der Waals surface area contributed by atoms with Crippen LogP contribution in [0.15, 0.2) is 12.1 Å². The Morgan fingerprint density at radius 3 is 2.31 bits per heavy atom. The number of hydrogen-bond donors (Lipinski definition) is 1. The molecule has 0 unspecified atom stereocenters. The van der Waals surface area contributed by atoms with Crippen LogP contribution < -0.4 is 10.5 Å². The SMILES string of the molecule is CC1CN(c2ccc3[nH]c(B4OC(C)(C)C(C)(C)O4)c(C(C)C)c3n2)C1. The van der Waals surface area contributed by atoms with Crippen LogP contribution in [0.1, 0.15) is 59.9 Å². The summed E-state index contributed by atoms with van der Waals surface area (Å²) in [6.07, 6.45) is 0. The summed E-state index contributed by atoms with van der Waals surface area (Å²) in [5.74, 6) is 2.15. The molecule has 4 heterocycles. The second-order valence-electron chi connectivity index (χ2n) is 9.27. The number of pyridine rings is 1. The van der Waals surface area contributed by atoms with Crippen molar-refractivity contribution in [2.75, 3.05) is 18.0 Å². The largest absolute Gasteiger partial charge is 0.512 e. The van der Waals surface area contributed by atoms with Crippen LogP contribution in [0.2, 0.25) is 0 Å². The lowest BCUT2D eigenvalue weighted by molar-refractivity contribution is 0.00578. The molecule has 2 saturated heterocycles. The van der Waals surface area contributed by atoms with Crippen molar-refractivity contribution in [3.63, 3.8) is 0 Å². The highest BCUT2D eigenvalue weighted by molar-refractivity contribution is 6.62. The highest BCUT2D eigenvalue weighted by Gasteiger charge is 2.53. The number of H-pyrrole nitrogens is 1. The number of fused-ring (bicyclic) bond motifs is 1. The van der Waals surface area contributed by atoms with Crippen molar-refractivity contribution >= 4 is 29.6 Å². The Morgan fingerprint density at radius 1 is 1.15 bits per heavy atom. The van der Waals surface area contributed by atoms with Gasteiger partial charge in [-0.25, -0.2) is 4.98 Å². The molecular formula is C20H30BN3O2.